The number of amides is 2. The summed E-state index contributed by atoms with van der Waals surface area (Å²) in [5, 5.41) is 2.75. The molecule has 0 radical (unpaired) electrons. The first-order valence-electron chi connectivity index (χ1n) is 8.45. The SMILES string of the molecule is COC(=O)c1ccccc1NC(=O)Cc1ccc(N2CCCC2=O)cc1. The maximum Gasteiger partial charge on any atom is 0.339 e. The Labute approximate surface area is 151 Å². The van der Waals surface area contributed by atoms with E-state index in [1.54, 1.807) is 29.2 Å². The van der Waals surface area contributed by atoms with Crippen molar-refractivity contribution in [3.05, 3.63) is 59.7 Å². The van der Waals surface area contributed by atoms with Crippen LogP contribution in [0.1, 0.15) is 28.8 Å². The van der Waals surface area contributed by atoms with Gasteiger partial charge in [0.25, 0.3) is 0 Å². The maximum absolute atomic E-state index is 12.3. The summed E-state index contributed by atoms with van der Waals surface area (Å²) in [5.41, 5.74) is 2.41. The number of hydrogen-bond donors (Lipinski definition) is 1. The van der Waals surface area contributed by atoms with Gasteiger partial charge in [0.2, 0.25) is 11.8 Å². The van der Waals surface area contributed by atoms with Gasteiger partial charge in [-0.25, -0.2) is 4.79 Å². The van der Waals surface area contributed by atoms with Crippen LogP contribution < -0.4 is 10.2 Å². The van der Waals surface area contributed by atoms with Gasteiger partial charge >= 0.3 is 5.97 Å². The van der Waals surface area contributed by atoms with E-state index in [-0.39, 0.29) is 18.2 Å². The van der Waals surface area contributed by atoms with Crippen molar-refractivity contribution >= 4 is 29.2 Å². The summed E-state index contributed by atoms with van der Waals surface area (Å²) in [6, 6.07) is 14.1. The topological polar surface area (TPSA) is 75.7 Å². The van der Waals surface area contributed by atoms with E-state index in [0.29, 0.717) is 17.7 Å². The van der Waals surface area contributed by atoms with Crippen LogP contribution in [0.25, 0.3) is 0 Å². The Balaban J connectivity index is 1.65. The minimum Gasteiger partial charge on any atom is -0.465 e. The number of anilines is 2. The predicted octanol–water partition coefficient (Wildman–Crippen LogP) is 2.78. The molecule has 1 fully saturated rings. The summed E-state index contributed by atoms with van der Waals surface area (Å²) in [5.74, 6) is -0.596. The van der Waals surface area contributed by atoms with Gasteiger partial charge in [-0.05, 0) is 36.2 Å². The van der Waals surface area contributed by atoms with Crippen LogP contribution in [0.5, 0.6) is 0 Å². The van der Waals surface area contributed by atoms with Crippen molar-refractivity contribution in [2.24, 2.45) is 0 Å². The van der Waals surface area contributed by atoms with E-state index >= 15 is 0 Å². The number of benzene rings is 2. The average Bonchev–Trinajstić information content (AvgIpc) is 3.08. The first kappa shape index (κ1) is 17.7. The maximum atomic E-state index is 12.3. The number of esters is 1. The molecule has 1 heterocycles. The highest BCUT2D eigenvalue weighted by atomic mass is 16.5. The van der Waals surface area contributed by atoms with Crippen LogP contribution >= 0.6 is 0 Å². The molecule has 0 spiro atoms. The van der Waals surface area contributed by atoms with Gasteiger partial charge in [0.15, 0.2) is 0 Å². The zero-order valence-corrected chi connectivity index (χ0v) is 14.5. The van der Waals surface area contributed by atoms with Crippen LogP contribution in [-0.4, -0.2) is 31.4 Å². The number of nitrogens with zero attached hydrogens (tertiary/aromatic N) is 1. The molecule has 6 nitrogen and oxygen atoms in total. The minimum atomic E-state index is -0.500. The standard InChI is InChI=1S/C20H20N2O4/c1-26-20(25)16-5-2-3-6-17(16)21-18(23)13-14-8-10-15(11-9-14)22-12-4-7-19(22)24/h2-3,5-6,8-11H,4,7,12-13H2,1H3,(H,21,23). The highest BCUT2D eigenvalue weighted by molar-refractivity contribution is 6.01. The molecule has 1 aliphatic rings. The fourth-order valence-corrected chi connectivity index (χ4v) is 2.97. The molecule has 0 bridgehead atoms. The number of carbonyl (C=O) groups excluding carboxylic acids is 3. The van der Waals surface area contributed by atoms with E-state index in [2.05, 4.69) is 5.32 Å². The van der Waals surface area contributed by atoms with Crippen LogP contribution in [-0.2, 0) is 20.7 Å². The minimum absolute atomic E-state index is 0.134. The smallest absolute Gasteiger partial charge is 0.339 e. The van der Waals surface area contributed by atoms with Crippen molar-refractivity contribution in [2.45, 2.75) is 19.3 Å². The van der Waals surface area contributed by atoms with E-state index in [1.807, 2.05) is 24.3 Å². The second kappa shape index (κ2) is 7.82. The van der Waals surface area contributed by atoms with E-state index in [9.17, 15) is 14.4 Å². The van der Waals surface area contributed by atoms with Gasteiger partial charge in [0.05, 0.1) is 24.8 Å². The molecule has 26 heavy (non-hydrogen) atoms. The van der Waals surface area contributed by atoms with E-state index < -0.39 is 5.97 Å². The Morgan fingerprint density at radius 3 is 2.50 bits per heavy atom. The molecule has 2 aromatic carbocycles. The number of rotatable bonds is 5. The molecule has 1 aliphatic heterocycles. The zero-order valence-electron chi connectivity index (χ0n) is 14.5. The van der Waals surface area contributed by atoms with Crippen LogP contribution in [0.15, 0.2) is 48.5 Å². The van der Waals surface area contributed by atoms with Crippen LogP contribution in [0.2, 0.25) is 0 Å². The Morgan fingerprint density at radius 1 is 1.12 bits per heavy atom. The monoisotopic (exact) mass is 352 g/mol. The molecular formula is C20H20N2O4. The van der Waals surface area contributed by atoms with Gasteiger partial charge in [-0.1, -0.05) is 24.3 Å². The van der Waals surface area contributed by atoms with E-state index in [1.165, 1.54) is 7.11 Å². The number of nitrogens with one attached hydrogen (secondary N) is 1. The predicted molar refractivity (Wildman–Crippen MR) is 98.1 cm³/mol. The number of hydrogen-bond acceptors (Lipinski definition) is 4. The second-order valence-corrected chi connectivity index (χ2v) is 6.08. The van der Waals surface area contributed by atoms with Crippen molar-refractivity contribution in [1.29, 1.82) is 0 Å². The highest BCUT2D eigenvalue weighted by Gasteiger charge is 2.21. The van der Waals surface area contributed by atoms with Crippen molar-refractivity contribution in [3.8, 4) is 0 Å². The molecule has 134 valence electrons. The Hall–Kier alpha value is -3.15. The van der Waals surface area contributed by atoms with Gasteiger partial charge < -0.3 is 15.0 Å². The third-order valence-electron chi connectivity index (χ3n) is 4.29. The molecule has 1 saturated heterocycles. The van der Waals surface area contributed by atoms with Crippen molar-refractivity contribution in [3.63, 3.8) is 0 Å². The Morgan fingerprint density at radius 2 is 1.85 bits per heavy atom. The molecule has 0 unspecified atom stereocenters. The lowest BCUT2D eigenvalue weighted by atomic mass is 10.1. The number of carbonyl (C=O) groups is 3. The number of methoxy groups -OCH3 is 1. The number of para-hydroxylation sites is 1. The van der Waals surface area contributed by atoms with Gasteiger partial charge in [0, 0.05) is 18.7 Å². The third-order valence-corrected chi connectivity index (χ3v) is 4.29. The van der Waals surface area contributed by atoms with Gasteiger partial charge in [-0.15, -0.1) is 0 Å². The van der Waals surface area contributed by atoms with Crippen LogP contribution in [0.4, 0.5) is 11.4 Å². The molecule has 6 heteroatoms. The van der Waals surface area contributed by atoms with Crippen LogP contribution in [0.3, 0.4) is 0 Å². The Kier molecular flexibility index (Phi) is 5.31. The molecule has 3 rings (SSSR count). The normalized spacial score (nSPS) is 13.6. The Bertz CT molecular complexity index is 830. The fraction of sp³-hybridized carbons (Fsp3) is 0.250. The molecule has 1 N–H and O–H groups in total. The lowest BCUT2D eigenvalue weighted by Gasteiger charge is -2.16. The molecular weight excluding hydrogens is 332 g/mol. The summed E-state index contributed by atoms with van der Waals surface area (Å²) in [7, 11) is 1.30. The third kappa shape index (κ3) is 3.91. The molecule has 0 atom stereocenters. The van der Waals surface area contributed by atoms with Crippen LogP contribution in [0, 0.1) is 0 Å². The lowest BCUT2D eigenvalue weighted by molar-refractivity contribution is -0.117. The van der Waals surface area contributed by atoms with Gasteiger partial charge in [0.1, 0.15) is 0 Å². The summed E-state index contributed by atoms with van der Waals surface area (Å²) >= 11 is 0. The molecule has 0 aromatic heterocycles. The average molecular weight is 352 g/mol. The van der Waals surface area contributed by atoms with Crippen molar-refractivity contribution in [1.82, 2.24) is 0 Å². The lowest BCUT2D eigenvalue weighted by Crippen LogP contribution is -2.23. The molecule has 0 saturated carbocycles. The fourth-order valence-electron chi connectivity index (χ4n) is 2.97. The molecule has 2 amide bonds. The first-order valence-corrected chi connectivity index (χ1v) is 8.45. The summed E-state index contributed by atoms with van der Waals surface area (Å²) < 4.78 is 4.72. The van der Waals surface area contributed by atoms with Gasteiger partial charge in [-0.3, -0.25) is 9.59 Å². The van der Waals surface area contributed by atoms with E-state index in [0.717, 1.165) is 24.2 Å². The summed E-state index contributed by atoms with van der Waals surface area (Å²) in [6.45, 7) is 0.739. The summed E-state index contributed by atoms with van der Waals surface area (Å²) in [4.78, 5) is 37.6. The number of ether oxygens (including phenoxy) is 1. The zero-order chi connectivity index (χ0) is 18.5. The highest BCUT2D eigenvalue weighted by Crippen LogP contribution is 2.22. The van der Waals surface area contributed by atoms with Crippen molar-refractivity contribution in [2.75, 3.05) is 23.9 Å². The van der Waals surface area contributed by atoms with Crippen molar-refractivity contribution < 1.29 is 19.1 Å². The molecule has 2 aromatic rings. The second-order valence-electron chi connectivity index (χ2n) is 6.08. The summed E-state index contributed by atoms with van der Waals surface area (Å²) in [6.07, 6.45) is 1.64. The quantitative estimate of drug-likeness (QED) is 0.840. The molecule has 0 aliphatic carbocycles. The van der Waals surface area contributed by atoms with E-state index in [4.69, 9.17) is 4.74 Å². The largest absolute Gasteiger partial charge is 0.465 e. The first-order chi connectivity index (χ1) is 12.6. The van der Waals surface area contributed by atoms with Gasteiger partial charge in [-0.2, -0.15) is 0 Å².